The molecule has 1 aromatic heterocycles. The SMILES string of the molecule is COc1ccc(C(C)C)cc1-c1ccc(C(F)(F)F)cc1CN(Cc1cc(C#N)cc(C(F)(F)F)c1)c1ccc(O)cn1. The number of methoxy groups -OCH3 is 1. The third-order valence-corrected chi connectivity index (χ3v) is 6.85. The summed E-state index contributed by atoms with van der Waals surface area (Å²) in [7, 11) is 1.45. The fraction of sp³-hybridized carbons (Fsp3) is 0.250. The van der Waals surface area contributed by atoms with Crippen LogP contribution in [0.15, 0.2) is 72.9 Å². The second-order valence-electron chi connectivity index (χ2n) is 10.2. The number of ether oxygens (including phenoxy) is 1. The topological polar surface area (TPSA) is 69.4 Å². The lowest BCUT2D eigenvalue weighted by atomic mass is 9.92. The van der Waals surface area contributed by atoms with Gasteiger partial charge in [0.2, 0.25) is 0 Å². The molecule has 0 bridgehead atoms. The minimum Gasteiger partial charge on any atom is -0.506 e. The number of halogens is 6. The van der Waals surface area contributed by atoms with Crippen LogP contribution in [0.1, 0.15) is 53.1 Å². The van der Waals surface area contributed by atoms with Crippen LogP contribution in [0.5, 0.6) is 11.5 Å². The highest BCUT2D eigenvalue weighted by atomic mass is 19.4. The first kappa shape index (κ1) is 31.2. The molecule has 0 amide bonds. The Bertz CT molecular complexity index is 1640. The van der Waals surface area contributed by atoms with Crippen molar-refractivity contribution in [2.75, 3.05) is 12.0 Å². The van der Waals surface area contributed by atoms with E-state index in [9.17, 15) is 36.7 Å². The Labute approximate surface area is 244 Å². The highest BCUT2D eigenvalue weighted by Gasteiger charge is 2.33. The molecule has 224 valence electrons. The summed E-state index contributed by atoms with van der Waals surface area (Å²) in [6, 6.07) is 16.1. The molecule has 3 aromatic carbocycles. The van der Waals surface area contributed by atoms with Gasteiger partial charge in [0, 0.05) is 18.7 Å². The number of benzene rings is 3. The van der Waals surface area contributed by atoms with Crippen LogP contribution in [0.25, 0.3) is 11.1 Å². The molecule has 0 saturated carbocycles. The Balaban J connectivity index is 1.90. The summed E-state index contributed by atoms with van der Waals surface area (Å²) in [6.45, 7) is 3.49. The van der Waals surface area contributed by atoms with E-state index in [2.05, 4.69) is 4.98 Å². The van der Waals surface area contributed by atoms with E-state index in [-0.39, 0.29) is 47.3 Å². The van der Waals surface area contributed by atoms with Crippen LogP contribution in [0.3, 0.4) is 0 Å². The van der Waals surface area contributed by atoms with E-state index in [1.54, 1.807) is 12.1 Å². The standard InChI is InChI=1S/C32H27F6N3O2/c1-19(2)22-4-8-29(43-3)28(14-22)27-7-5-24(31(33,34)35)13-23(27)18-41(30-9-6-26(42)16-40-30)17-21-10-20(15-39)11-25(12-21)32(36,37)38/h4-14,16,19,42H,17-18H2,1-3H3. The zero-order valence-electron chi connectivity index (χ0n) is 23.4. The van der Waals surface area contributed by atoms with Crippen LogP contribution in [0.2, 0.25) is 0 Å². The lowest BCUT2D eigenvalue weighted by Crippen LogP contribution is -2.24. The van der Waals surface area contributed by atoms with E-state index in [1.807, 2.05) is 26.0 Å². The summed E-state index contributed by atoms with van der Waals surface area (Å²) in [5.41, 5.74) is 0.0280. The van der Waals surface area contributed by atoms with E-state index in [0.29, 0.717) is 16.9 Å². The summed E-state index contributed by atoms with van der Waals surface area (Å²) < 4.78 is 88.1. The van der Waals surface area contributed by atoms with Crippen LogP contribution >= 0.6 is 0 Å². The number of alkyl halides is 6. The van der Waals surface area contributed by atoms with E-state index < -0.39 is 23.5 Å². The van der Waals surface area contributed by atoms with Crippen LogP contribution in [0.4, 0.5) is 32.2 Å². The van der Waals surface area contributed by atoms with Gasteiger partial charge in [-0.1, -0.05) is 26.0 Å². The highest BCUT2D eigenvalue weighted by Crippen LogP contribution is 2.39. The Morgan fingerprint density at radius 3 is 2.16 bits per heavy atom. The van der Waals surface area contributed by atoms with Crippen molar-refractivity contribution in [2.24, 2.45) is 0 Å². The normalized spacial score (nSPS) is 11.8. The minimum atomic E-state index is -4.73. The molecule has 43 heavy (non-hydrogen) atoms. The molecule has 0 aliphatic heterocycles. The quantitative estimate of drug-likeness (QED) is 0.205. The molecule has 0 radical (unpaired) electrons. The summed E-state index contributed by atoms with van der Waals surface area (Å²) in [5, 5.41) is 19.1. The molecule has 1 N–H and O–H groups in total. The number of nitrogens with zero attached hydrogens (tertiary/aromatic N) is 3. The third-order valence-electron chi connectivity index (χ3n) is 6.85. The fourth-order valence-electron chi connectivity index (χ4n) is 4.68. The first-order chi connectivity index (χ1) is 20.2. The number of hydrogen-bond donors (Lipinski definition) is 1. The maximum Gasteiger partial charge on any atom is 0.416 e. The lowest BCUT2D eigenvalue weighted by Gasteiger charge is -2.27. The van der Waals surface area contributed by atoms with Crippen LogP contribution < -0.4 is 9.64 Å². The first-order valence-corrected chi connectivity index (χ1v) is 13.1. The average molecular weight is 600 g/mol. The predicted octanol–water partition coefficient (Wildman–Crippen LogP) is 8.70. The molecule has 0 aliphatic carbocycles. The zero-order valence-corrected chi connectivity index (χ0v) is 23.4. The molecular weight excluding hydrogens is 572 g/mol. The molecular formula is C32H27F6N3O2. The Hall–Kier alpha value is -4.72. The van der Waals surface area contributed by atoms with Crippen molar-refractivity contribution in [2.45, 2.75) is 45.2 Å². The Kier molecular flexibility index (Phi) is 8.90. The van der Waals surface area contributed by atoms with Crippen molar-refractivity contribution < 1.29 is 36.2 Å². The van der Waals surface area contributed by atoms with E-state index in [0.717, 1.165) is 36.0 Å². The van der Waals surface area contributed by atoms with Gasteiger partial charge in [-0.15, -0.1) is 0 Å². The molecule has 5 nitrogen and oxygen atoms in total. The highest BCUT2D eigenvalue weighted by molar-refractivity contribution is 5.75. The molecule has 0 fully saturated rings. The van der Waals surface area contributed by atoms with E-state index in [1.165, 1.54) is 36.3 Å². The van der Waals surface area contributed by atoms with Crippen molar-refractivity contribution in [3.05, 3.63) is 106 Å². The van der Waals surface area contributed by atoms with Gasteiger partial charge in [0.05, 0.1) is 36.1 Å². The Morgan fingerprint density at radius 1 is 0.860 bits per heavy atom. The number of aromatic nitrogens is 1. The van der Waals surface area contributed by atoms with Crippen molar-refractivity contribution >= 4 is 5.82 Å². The zero-order chi connectivity index (χ0) is 31.5. The predicted molar refractivity (Wildman–Crippen MR) is 149 cm³/mol. The maximum absolute atomic E-state index is 13.9. The number of hydrogen-bond acceptors (Lipinski definition) is 5. The summed E-state index contributed by atoms with van der Waals surface area (Å²) in [5.74, 6) is 0.538. The largest absolute Gasteiger partial charge is 0.506 e. The van der Waals surface area contributed by atoms with Gasteiger partial charge >= 0.3 is 12.4 Å². The smallest absolute Gasteiger partial charge is 0.416 e. The van der Waals surface area contributed by atoms with Gasteiger partial charge in [0.1, 0.15) is 17.3 Å². The number of aromatic hydroxyl groups is 1. The number of rotatable bonds is 8. The van der Waals surface area contributed by atoms with Gasteiger partial charge in [0.15, 0.2) is 0 Å². The van der Waals surface area contributed by atoms with Crippen LogP contribution in [-0.4, -0.2) is 17.2 Å². The first-order valence-electron chi connectivity index (χ1n) is 13.1. The maximum atomic E-state index is 13.9. The minimum absolute atomic E-state index is 0.0918. The molecule has 0 unspecified atom stereocenters. The molecule has 0 saturated heterocycles. The third kappa shape index (κ3) is 7.38. The van der Waals surface area contributed by atoms with Gasteiger partial charge in [-0.3, -0.25) is 0 Å². The van der Waals surface area contributed by atoms with Crippen LogP contribution in [0, 0.1) is 11.3 Å². The van der Waals surface area contributed by atoms with Gasteiger partial charge in [-0.25, -0.2) is 4.98 Å². The van der Waals surface area contributed by atoms with E-state index in [4.69, 9.17) is 4.74 Å². The number of nitriles is 1. The van der Waals surface area contributed by atoms with Crippen LogP contribution in [-0.2, 0) is 25.4 Å². The van der Waals surface area contributed by atoms with Crippen molar-refractivity contribution in [1.82, 2.24) is 4.98 Å². The Morgan fingerprint density at radius 2 is 1.58 bits per heavy atom. The van der Waals surface area contributed by atoms with Gasteiger partial charge in [0.25, 0.3) is 0 Å². The second kappa shape index (κ2) is 12.3. The number of anilines is 1. The second-order valence-corrected chi connectivity index (χ2v) is 10.2. The van der Waals surface area contributed by atoms with Gasteiger partial charge in [-0.2, -0.15) is 31.6 Å². The van der Waals surface area contributed by atoms with E-state index >= 15 is 0 Å². The molecule has 1 heterocycles. The van der Waals surface area contributed by atoms with Crippen molar-refractivity contribution in [3.8, 4) is 28.7 Å². The molecule has 4 rings (SSSR count). The van der Waals surface area contributed by atoms with Crippen molar-refractivity contribution in [3.63, 3.8) is 0 Å². The molecule has 0 aliphatic rings. The van der Waals surface area contributed by atoms with Crippen molar-refractivity contribution in [1.29, 1.82) is 5.26 Å². The van der Waals surface area contributed by atoms with Gasteiger partial charge in [-0.05, 0) is 82.8 Å². The number of pyridine rings is 1. The summed E-state index contributed by atoms with van der Waals surface area (Å²) in [6.07, 6.45) is -8.27. The average Bonchev–Trinajstić information content (AvgIpc) is 2.95. The summed E-state index contributed by atoms with van der Waals surface area (Å²) in [4.78, 5) is 5.65. The van der Waals surface area contributed by atoms with Gasteiger partial charge < -0.3 is 14.7 Å². The summed E-state index contributed by atoms with van der Waals surface area (Å²) >= 11 is 0. The monoisotopic (exact) mass is 599 g/mol. The molecule has 0 atom stereocenters. The molecule has 11 heteroatoms. The lowest BCUT2D eigenvalue weighted by molar-refractivity contribution is -0.138. The molecule has 4 aromatic rings. The molecule has 0 spiro atoms. The fourth-order valence-corrected chi connectivity index (χ4v) is 4.68.